The van der Waals surface area contributed by atoms with Crippen LogP contribution >= 0.6 is 0 Å². The van der Waals surface area contributed by atoms with Gasteiger partial charge in [0, 0.05) is 0 Å². The summed E-state index contributed by atoms with van der Waals surface area (Å²) < 4.78 is 23.3. The zero-order valence-electron chi connectivity index (χ0n) is 16.7. The van der Waals surface area contributed by atoms with Gasteiger partial charge in [-0.2, -0.15) is 0 Å². The number of benzene rings is 1. The van der Waals surface area contributed by atoms with Crippen molar-refractivity contribution in [2.45, 2.75) is 52.9 Å². The molecule has 6 heteroatoms. The first-order chi connectivity index (χ1) is 12.7. The Bertz CT molecular complexity index is 635. The van der Waals surface area contributed by atoms with E-state index in [2.05, 4.69) is 0 Å². The summed E-state index contributed by atoms with van der Waals surface area (Å²) >= 11 is 0. The molecule has 0 aliphatic rings. The number of carbonyl (C=O) groups is 3. The van der Waals surface area contributed by atoms with E-state index >= 15 is 0 Å². The van der Waals surface area contributed by atoms with Crippen LogP contribution in [0.25, 0.3) is 0 Å². The minimum Gasteiger partial charge on any atom is -0.465 e. The summed E-state index contributed by atoms with van der Waals surface area (Å²) in [5.74, 6) is -4.21. The lowest BCUT2D eigenvalue weighted by atomic mass is 9.70. The van der Waals surface area contributed by atoms with E-state index in [1.165, 1.54) is 24.3 Å². The van der Waals surface area contributed by atoms with Gasteiger partial charge in [-0.05, 0) is 57.2 Å². The Morgan fingerprint density at radius 1 is 1.00 bits per heavy atom. The van der Waals surface area contributed by atoms with Crippen molar-refractivity contribution in [3.05, 3.63) is 35.6 Å². The van der Waals surface area contributed by atoms with Gasteiger partial charge in [-0.25, -0.2) is 4.39 Å². The molecule has 0 N–H and O–H groups in total. The second-order valence-corrected chi connectivity index (χ2v) is 7.07. The molecule has 0 bridgehead atoms. The third kappa shape index (κ3) is 5.88. The van der Waals surface area contributed by atoms with Crippen molar-refractivity contribution in [2.75, 3.05) is 13.2 Å². The minimum absolute atomic E-state index is 0.0429. The molecule has 0 heterocycles. The van der Waals surface area contributed by atoms with Crippen molar-refractivity contribution in [3.8, 4) is 0 Å². The maximum absolute atomic E-state index is 13.4. The molecule has 1 aromatic carbocycles. The lowest BCUT2D eigenvalue weighted by Crippen LogP contribution is -2.45. The van der Waals surface area contributed by atoms with E-state index in [-0.39, 0.29) is 13.2 Å². The molecule has 0 fully saturated rings. The summed E-state index contributed by atoms with van der Waals surface area (Å²) in [6, 6.07) is 5.56. The number of rotatable bonds is 10. The number of ketones is 1. The topological polar surface area (TPSA) is 69.7 Å². The molecular formula is C21H29FO5. The SMILES string of the molecule is CCOC(=O)C(C(=O)OCC)C(=O)[C@](C)(CCC(C)C)c1ccc(F)cc1. The molecule has 5 nitrogen and oxygen atoms in total. The van der Waals surface area contributed by atoms with Crippen molar-refractivity contribution in [1.82, 2.24) is 0 Å². The largest absolute Gasteiger partial charge is 0.465 e. The standard InChI is InChI=1S/C21H29FO5/c1-6-26-19(24)17(20(25)27-7-2)18(23)21(5,13-12-14(3)4)15-8-10-16(22)11-9-15/h8-11,14,17H,6-7,12-13H2,1-5H3/t21-/m1/s1. The molecule has 150 valence electrons. The molecule has 1 atom stereocenters. The Morgan fingerprint density at radius 3 is 1.89 bits per heavy atom. The first-order valence-corrected chi connectivity index (χ1v) is 9.31. The monoisotopic (exact) mass is 380 g/mol. The molecule has 0 radical (unpaired) electrons. The highest BCUT2D eigenvalue weighted by atomic mass is 19.1. The minimum atomic E-state index is -1.66. The molecule has 1 rings (SSSR count). The fourth-order valence-corrected chi connectivity index (χ4v) is 2.88. The van der Waals surface area contributed by atoms with Crippen LogP contribution in [0.5, 0.6) is 0 Å². The molecule has 0 aliphatic carbocycles. The molecule has 0 spiro atoms. The van der Waals surface area contributed by atoms with E-state index in [1.807, 2.05) is 13.8 Å². The van der Waals surface area contributed by atoms with Gasteiger partial charge in [0.1, 0.15) is 5.82 Å². The molecule has 0 amide bonds. The first kappa shape index (κ1) is 22.8. The highest BCUT2D eigenvalue weighted by molar-refractivity contribution is 6.18. The highest BCUT2D eigenvalue weighted by Gasteiger charge is 2.47. The van der Waals surface area contributed by atoms with E-state index in [0.717, 1.165) is 0 Å². The van der Waals surface area contributed by atoms with Gasteiger partial charge >= 0.3 is 11.9 Å². The Balaban J connectivity index is 3.37. The lowest BCUT2D eigenvalue weighted by molar-refractivity contribution is -0.165. The van der Waals surface area contributed by atoms with Crippen LogP contribution in [-0.4, -0.2) is 30.9 Å². The lowest BCUT2D eigenvalue weighted by Gasteiger charge is -2.32. The van der Waals surface area contributed by atoms with Gasteiger partial charge in [-0.15, -0.1) is 0 Å². The maximum Gasteiger partial charge on any atom is 0.328 e. The van der Waals surface area contributed by atoms with Crippen molar-refractivity contribution >= 4 is 17.7 Å². The summed E-state index contributed by atoms with van der Waals surface area (Å²) in [4.78, 5) is 38.1. The van der Waals surface area contributed by atoms with Crippen LogP contribution < -0.4 is 0 Å². The molecule has 1 aromatic rings. The van der Waals surface area contributed by atoms with E-state index < -0.39 is 34.9 Å². The van der Waals surface area contributed by atoms with Crippen LogP contribution in [0.1, 0.15) is 53.0 Å². The van der Waals surface area contributed by atoms with Crippen LogP contribution in [-0.2, 0) is 29.3 Å². The maximum atomic E-state index is 13.4. The number of ether oxygens (including phenoxy) is 2. The van der Waals surface area contributed by atoms with Crippen LogP contribution in [0.4, 0.5) is 4.39 Å². The third-order valence-electron chi connectivity index (χ3n) is 4.55. The molecular weight excluding hydrogens is 351 g/mol. The van der Waals surface area contributed by atoms with Crippen molar-refractivity contribution in [1.29, 1.82) is 0 Å². The first-order valence-electron chi connectivity index (χ1n) is 9.31. The number of hydrogen-bond donors (Lipinski definition) is 0. The summed E-state index contributed by atoms with van der Waals surface area (Å²) in [6.07, 6.45) is 1.10. The highest BCUT2D eigenvalue weighted by Crippen LogP contribution is 2.35. The number of carbonyl (C=O) groups excluding carboxylic acids is 3. The number of esters is 2. The molecule has 0 saturated heterocycles. The quantitative estimate of drug-likeness (QED) is 0.456. The number of hydrogen-bond acceptors (Lipinski definition) is 5. The van der Waals surface area contributed by atoms with Gasteiger partial charge in [-0.3, -0.25) is 14.4 Å². The Kier molecular flexibility index (Phi) is 8.60. The molecule has 0 aliphatic heterocycles. The zero-order chi connectivity index (χ0) is 20.6. The van der Waals surface area contributed by atoms with Crippen molar-refractivity contribution < 1.29 is 28.2 Å². The molecule has 27 heavy (non-hydrogen) atoms. The summed E-state index contributed by atoms with van der Waals surface area (Å²) in [6.45, 7) is 9.00. The van der Waals surface area contributed by atoms with Gasteiger partial charge < -0.3 is 9.47 Å². The second-order valence-electron chi connectivity index (χ2n) is 7.07. The predicted octanol–water partition coefficient (Wildman–Crippen LogP) is 3.83. The van der Waals surface area contributed by atoms with Crippen molar-refractivity contribution in [2.24, 2.45) is 11.8 Å². The smallest absolute Gasteiger partial charge is 0.328 e. The van der Waals surface area contributed by atoms with Gasteiger partial charge in [0.25, 0.3) is 0 Å². The summed E-state index contributed by atoms with van der Waals surface area (Å²) in [5.41, 5.74) is -0.601. The average molecular weight is 380 g/mol. The van der Waals surface area contributed by atoms with Crippen molar-refractivity contribution in [3.63, 3.8) is 0 Å². The van der Waals surface area contributed by atoms with Crippen LogP contribution in [0.2, 0.25) is 0 Å². The number of Topliss-reactive ketones (excluding diaryl/α,β-unsaturated/α-hetero) is 1. The van der Waals surface area contributed by atoms with E-state index in [1.54, 1.807) is 20.8 Å². The van der Waals surface area contributed by atoms with E-state index in [0.29, 0.717) is 24.3 Å². The Morgan fingerprint density at radius 2 is 1.48 bits per heavy atom. The number of halogens is 1. The Labute approximate surface area is 160 Å². The third-order valence-corrected chi connectivity index (χ3v) is 4.55. The van der Waals surface area contributed by atoms with Gasteiger partial charge in [0.2, 0.25) is 5.92 Å². The van der Waals surface area contributed by atoms with Gasteiger partial charge in [0.05, 0.1) is 18.6 Å². The van der Waals surface area contributed by atoms with Crippen LogP contribution in [0.15, 0.2) is 24.3 Å². The second kappa shape index (κ2) is 10.2. The molecule has 0 unspecified atom stereocenters. The van der Waals surface area contributed by atoms with E-state index in [4.69, 9.17) is 9.47 Å². The predicted molar refractivity (Wildman–Crippen MR) is 99.6 cm³/mol. The average Bonchev–Trinajstić information content (AvgIpc) is 2.60. The zero-order valence-corrected chi connectivity index (χ0v) is 16.7. The summed E-state index contributed by atoms with van der Waals surface area (Å²) in [7, 11) is 0. The fraction of sp³-hybridized carbons (Fsp3) is 0.571. The molecule has 0 saturated carbocycles. The van der Waals surface area contributed by atoms with Crippen LogP contribution in [0.3, 0.4) is 0 Å². The van der Waals surface area contributed by atoms with E-state index in [9.17, 15) is 18.8 Å². The molecule has 0 aromatic heterocycles. The van der Waals surface area contributed by atoms with Gasteiger partial charge in [0.15, 0.2) is 5.78 Å². The normalized spacial score (nSPS) is 13.3. The van der Waals surface area contributed by atoms with Crippen LogP contribution in [0, 0.1) is 17.7 Å². The summed E-state index contributed by atoms with van der Waals surface area (Å²) in [5, 5.41) is 0. The van der Waals surface area contributed by atoms with Gasteiger partial charge in [-0.1, -0.05) is 26.0 Å². The fourth-order valence-electron chi connectivity index (χ4n) is 2.88. The Hall–Kier alpha value is -2.24.